The van der Waals surface area contributed by atoms with Crippen molar-refractivity contribution in [1.82, 2.24) is 9.78 Å². The SMILES string of the molecule is CCn1cc(CC(N)C2CSc3ccccc3O2)cn1. The lowest BCUT2D eigenvalue weighted by Crippen LogP contribution is -2.43. The van der Waals surface area contributed by atoms with Gasteiger partial charge in [-0.1, -0.05) is 12.1 Å². The van der Waals surface area contributed by atoms with Gasteiger partial charge in [0.1, 0.15) is 11.9 Å². The standard InChI is InChI=1S/C15H19N3OS/c1-2-18-9-11(8-17-18)7-12(16)14-10-20-15-6-4-3-5-13(15)19-14/h3-6,8-9,12,14H,2,7,10,16H2,1H3. The quantitative estimate of drug-likeness (QED) is 0.938. The zero-order valence-corrected chi connectivity index (χ0v) is 12.3. The molecule has 2 heterocycles. The Balaban J connectivity index is 1.65. The molecule has 0 saturated heterocycles. The van der Waals surface area contributed by atoms with Crippen LogP contribution in [-0.4, -0.2) is 27.7 Å². The Morgan fingerprint density at radius 1 is 1.50 bits per heavy atom. The number of aromatic nitrogens is 2. The first-order valence-corrected chi connectivity index (χ1v) is 7.90. The number of ether oxygens (including phenoxy) is 1. The van der Waals surface area contributed by atoms with Gasteiger partial charge in [0, 0.05) is 29.4 Å². The van der Waals surface area contributed by atoms with Crippen LogP contribution in [0.1, 0.15) is 12.5 Å². The summed E-state index contributed by atoms with van der Waals surface area (Å²) < 4.78 is 7.95. The Morgan fingerprint density at radius 3 is 3.15 bits per heavy atom. The predicted octanol–water partition coefficient (Wildman–Crippen LogP) is 2.33. The van der Waals surface area contributed by atoms with Gasteiger partial charge in [-0.3, -0.25) is 4.68 Å². The number of aryl methyl sites for hydroxylation is 1. The highest BCUT2D eigenvalue weighted by Crippen LogP contribution is 2.35. The van der Waals surface area contributed by atoms with Crippen molar-refractivity contribution in [2.45, 2.75) is 36.9 Å². The number of benzene rings is 1. The lowest BCUT2D eigenvalue weighted by atomic mass is 10.1. The van der Waals surface area contributed by atoms with E-state index in [1.54, 1.807) is 0 Å². The second-order valence-corrected chi connectivity index (χ2v) is 6.05. The first-order valence-electron chi connectivity index (χ1n) is 6.91. The smallest absolute Gasteiger partial charge is 0.133 e. The van der Waals surface area contributed by atoms with Crippen molar-refractivity contribution in [3.63, 3.8) is 0 Å². The van der Waals surface area contributed by atoms with Crippen LogP contribution >= 0.6 is 11.8 Å². The maximum atomic E-state index is 6.31. The molecule has 2 aromatic rings. The average Bonchev–Trinajstić information content (AvgIpc) is 2.94. The Bertz CT molecular complexity index is 584. The molecule has 0 amide bonds. The zero-order chi connectivity index (χ0) is 13.9. The van der Waals surface area contributed by atoms with Crippen molar-refractivity contribution in [2.75, 3.05) is 5.75 Å². The van der Waals surface area contributed by atoms with Crippen LogP contribution < -0.4 is 10.5 Å². The summed E-state index contributed by atoms with van der Waals surface area (Å²) in [6.07, 6.45) is 4.81. The molecule has 0 aliphatic carbocycles. The molecular formula is C15H19N3OS. The van der Waals surface area contributed by atoms with E-state index in [2.05, 4.69) is 24.3 Å². The summed E-state index contributed by atoms with van der Waals surface area (Å²) in [6, 6.07) is 8.13. The molecule has 2 N–H and O–H groups in total. The Hall–Kier alpha value is -1.46. The summed E-state index contributed by atoms with van der Waals surface area (Å²) in [4.78, 5) is 1.20. The molecule has 0 saturated carbocycles. The molecule has 0 bridgehead atoms. The largest absolute Gasteiger partial charge is 0.487 e. The maximum absolute atomic E-state index is 6.31. The van der Waals surface area contributed by atoms with Crippen LogP contribution in [0.5, 0.6) is 5.75 Å². The maximum Gasteiger partial charge on any atom is 0.133 e. The fourth-order valence-corrected chi connectivity index (χ4v) is 3.43. The Kier molecular flexibility index (Phi) is 3.98. The fraction of sp³-hybridized carbons (Fsp3) is 0.400. The number of nitrogens with two attached hydrogens (primary N) is 1. The van der Waals surface area contributed by atoms with E-state index in [0.717, 1.165) is 24.5 Å². The molecule has 20 heavy (non-hydrogen) atoms. The van der Waals surface area contributed by atoms with Crippen LogP contribution in [-0.2, 0) is 13.0 Å². The van der Waals surface area contributed by atoms with Crippen molar-refractivity contribution < 1.29 is 4.74 Å². The molecule has 3 rings (SSSR count). The van der Waals surface area contributed by atoms with Gasteiger partial charge in [0.25, 0.3) is 0 Å². The summed E-state index contributed by atoms with van der Waals surface area (Å²) >= 11 is 1.82. The van der Waals surface area contributed by atoms with Crippen molar-refractivity contribution in [3.8, 4) is 5.75 Å². The van der Waals surface area contributed by atoms with E-state index in [1.165, 1.54) is 10.5 Å². The number of fused-ring (bicyclic) bond motifs is 1. The zero-order valence-electron chi connectivity index (χ0n) is 11.5. The molecule has 1 aromatic carbocycles. The van der Waals surface area contributed by atoms with Gasteiger partial charge in [-0.15, -0.1) is 11.8 Å². The molecule has 2 atom stereocenters. The van der Waals surface area contributed by atoms with Crippen molar-refractivity contribution in [1.29, 1.82) is 0 Å². The van der Waals surface area contributed by atoms with E-state index in [0.29, 0.717) is 0 Å². The average molecular weight is 289 g/mol. The second kappa shape index (κ2) is 5.89. The summed E-state index contributed by atoms with van der Waals surface area (Å²) in [6.45, 7) is 2.97. The van der Waals surface area contributed by atoms with E-state index in [-0.39, 0.29) is 12.1 Å². The monoisotopic (exact) mass is 289 g/mol. The van der Waals surface area contributed by atoms with Crippen LogP contribution in [0.4, 0.5) is 0 Å². The minimum absolute atomic E-state index is 0.00892. The predicted molar refractivity (Wildman–Crippen MR) is 81.2 cm³/mol. The first-order chi connectivity index (χ1) is 9.76. The minimum atomic E-state index is -0.00892. The third-order valence-electron chi connectivity index (χ3n) is 3.49. The molecule has 1 aliphatic heterocycles. The van der Waals surface area contributed by atoms with Crippen LogP contribution in [0.3, 0.4) is 0 Å². The molecule has 106 valence electrons. The number of hydrogen-bond donors (Lipinski definition) is 1. The van der Waals surface area contributed by atoms with Crippen molar-refractivity contribution in [3.05, 3.63) is 42.2 Å². The van der Waals surface area contributed by atoms with Gasteiger partial charge in [0.05, 0.1) is 6.20 Å². The van der Waals surface area contributed by atoms with E-state index >= 15 is 0 Å². The minimum Gasteiger partial charge on any atom is -0.487 e. The molecule has 1 aromatic heterocycles. The van der Waals surface area contributed by atoms with Crippen LogP contribution in [0, 0.1) is 0 Å². The lowest BCUT2D eigenvalue weighted by Gasteiger charge is -2.29. The van der Waals surface area contributed by atoms with Gasteiger partial charge in [-0.25, -0.2) is 0 Å². The van der Waals surface area contributed by atoms with Gasteiger partial charge in [0.15, 0.2) is 0 Å². The molecule has 0 radical (unpaired) electrons. The first kappa shape index (κ1) is 13.5. The molecule has 0 fully saturated rings. The van der Waals surface area contributed by atoms with Crippen molar-refractivity contribution in [2.24, 2.45) is 5.73 Å². The van der Waals surface area contributed by atoms with E-state index in [9.17, 15) is 0 Å². The van der Waals surface area contributed by atoms with Gasteiger partial charge in [0.2, 0.25) is 0 Å². The van der Waals surface area contributed by atoms with Gasteiger partial charge in [-0.05, 0) is 31.0 Å². The summed E-state index contributed by atoms with van der Waals surface area (Å²) in [5.74, 6) is 1.86. The van der Waals surface area contributed by atoms with E-state index < -0.39 is 0 Å². The Morgan fingerprint density at radius 2 is 2.35 bits per heavy atom. The molecule has 1 aliphatic rings. The molecule has 5 heteroatoms. The van der Waals surface area contributed by atoms with Crippen LogP contribution in [0.15, 0.2) is 41.6 Å². The lowest BCUT2D eigenvalue weighted by molar-refractivity contribution is 0.184. The van der Waals surface area contributed by atoms with Gasteiger partial charge >= 0.3 is 0 Å². The van der Waals surface area contributed by atoms with Gasteiger partial charge in [-0.2, -0.15) is 5.10 Å². The highest BCUT2D eigenvalue weighted by atomic mass is 32.2. The van der Waals surface area contributed by atoms with Crippen LogP contribution in [0.25, 0.3) is 0 Å². The number of nitrogens with zero attached hydrogens (tertiary/aromatic N) is 2. The normalized spacial score (nSPS) is 19.2. The summed E-state index contributed by atoms with van der Waals surface area (Å²) in [5.41, 5.74) is 7.49. The molecule has 0 spiro atoms. The number of thioether (sulfide) groups is 1. The second-order valence-electron chi connectivity index (χ2n) is 4.99. The van der Waals surface area contributed by atoms with Gasteiger partial charge < -0.3 is 10.5 Å². The highest BCUT2D eigenvalue weighted by molar-refractivity contribution is 7.99. The van der Waals surface area contributed by atoms with Crippen molar-refractivity contribution >= 4 is 11.8 Å². The van der Waals surface area contributed by atoms with Crippen LogP contribution in [0.2, 0.25) is 0 Å². The molecule has 4 nitrogen and oxygen atoms in total. The number of para-hydroxylation sites is 1. The van der Waals surface area contributed by atoms with E-state index in [4.69, 9.17) is 10.5 Å². The Labute approximate surface area is 123 Å². The number of hydrogen-bond acceptors (Lipinski definition) is 4. The summed E-state index contributed by atoms with van der Waals surface area (Å²) in [7, 11) is 0. The summed E-state index contributed by atoms with van der Waals surface area (Å²) in [5, 5.41) is 4.28. The molecule has 2 unspecified atom stereocenters. The third-order valence-corrected chi connectivity index (χ3v) is 4.63. The van der Waals surface area contributed by atoms with E-state index in [1.807, 2.05) is 40.8 Å². The topological polar surface area (TPSA) is 53.1 Å². The fourth-order valence-electron chi connectivity index (χ4n) is 2.34. The number of rotatable bonds is 4. The third kappa shape index (κ3) is 2.83. The molecular weight excluding hydrogens is 270 g/mol. The highest BCUT2D eigenvalue weighted by Gasteiger charge is 2.26.